The molecule has 3 nitrogen and oxygen atoms in total. The molecular weight excluding hydrogens is 300 g/mol. The van der Waals surface area contributed by atoms with E-state index in [1.54, 1.807) is 16.2 Å². The summed E-state index contributed by atoms with van der Waals surface area (Å²) in [6.45, 7) is 0.701. The van der Waals surface area contributed by atoms with Crippen molar-refractivity contribution in [1.82, 2.24) is 4.90 Å². The average Bonchev–Trinajstić information content (AvgIpc) is 3.13. The van der Waals surface area contributed by atoms with E-state index in [2.05, 4.69) is 11.4 Å². The number of nitrogens with zero attached hydrogens (tertiary/aromatic N) is 1. The van der Waals surface area contributed by atoms with Gasteiger partial charge in [0.25, 0.3) is 5.91 Å². The van der Waals surface area contributed by atoms with E-state index in [4.69, 9.17) is 5.73 Å². The standard InChI is InChI=1S/C16H16N2OS2/c1-18(9-8-11-5-4-10-20-11)16(19)15-14(17)12-6-2-3-7-13(12)21-15/h2-7,10H,8-9,17H2,1H3. The molecule has 0 saturated carbocycles. The molecule has 3 rings (SSSR count). The van der Waals surface area contributed by atoms with Crippen molar-refractivity contribution in [2.75, 3.05) is 19.3 Å². The lowest BCUT2D eigenvalue weighted by atomic mass is 10.2. The highest BCUT2D eigenvalue weighted by molar-refractivity contribution is 7.21. The van der Waals surface area contributed by atoms with Gasteiger partial charge in [-0.3, -0.25) is 4.79 Å². The fraction of sp³-hybridized carbons (Fsp3) is 0.188. The minimum absolute atomic E-state index is 0.00487. The zero-order chi connectivity index (χ0) is 14.8. The second-order valence-electron chi connectivity index (χ2n) is 4.90. The van der Waals surface area contributed by atoms with Crippen molar-refractivity contribution in [1.29, 1.82) is 0 Å². The molecule has 2 heterocycles. The fourth-order valence-electron chi connectivity index (χ4n) is 2.23. The summed E-state index contributed by atoms with van der Waals surface area (Å²) in [4.78, 5) is 16.2. The molecule has 0 aliphatic heterocycles. The van der Waals surface area contributed by atoms with E-state index in [0.29, 0.717) is 17.1 Å². The molecule has 0 fully saturated rings. The molecule has 3 aromatic rings. The molecule has 0 saturated heterocycles. The zero-order valence-electron chi connectivity index (χ0n) is 11.7. The van der Waals surface area contributed by atoms with E-state index < -0.39 is 0 Å². The number of nitrogens with two attached hydrogens (primary N) is 1. The third-order valence-corrected chi connectivity index (χ3v) is 5.56. The molecule has 5 heteroatoms. The van der Waals surface area contributed by atoms with Crippen molar-refractivity contribution in [3.63, 3.8) is 0 Å². The van der Waals surface area contributed by atoms with Gasteiger partial charge in [-0.05, 0) is 23.9 Å². The van der Waals surface area contributed by atoms with Crippen molar-refractivity contribution >= 4 is 44.4 Å². The summed E-state index contributed by atoms with van der Waals surface area (Å²) in [5.74, 6) is 0.00487. The van der Waals surface area contributed by atoms with Crippen molar-refractivity contribution < 1.29 is 4.79 Å². The van der Waals surface area contributed by atoms with E-state index in [1.807, 2.05) is 37.4 Å². The van der Waals surface area contributed by atoms with Gasteiger partial charge in [-0.2, -0.15) is 0 Å². The molecule has 1 aromatic carbocycles. The van der Waals surface area contributed by atoms with Crippen molar-refractivity contribution in [2.24, 2.45) is 0 Å². The van der Waals surface area contributed by atoms with Crippen molar-refractivity contribution in [3.05, 3.63) is 51.5 Å². The molecule has 0 spiro atoms. The Morgan fingerprint density at radius 1 is 1.24 bits per heavy atom. The number of hydrogen-bond acceptors (Lipinski definition) is 4. The number of amides is 1. The van der Waals surface area contributed by atoms with Crippen molar-refractivity contribution in [2.45, 2.75) is 6.42 Å². The number of benzene rings is 1. The van der Waals surface area contributed by atoms with Crippen LogP contribution in [0.15, 0.2) is 41.8 Å². The van der Waals surface area contributed by atoms with Gasteiger partial charge in [-0.1, -0.05) is 24.3 Å². The highest BCUT2D eigenvalue weighted by Gasteiger charge is 2.19. The molecule has 0 aliphatic carbocycles. The highest BCUT2D eigenvalue weighted by atomic mass is 32.1. The molecule has 1 amide bonds. The number of rotatable bonds is 4. The number of thiophene rings is 2. The Balaban J connectivity index is 1.78. The first-order valence-electron chi connectivity index (χ1n) is 6.71. The summed E-state index contributed by atoms with van der Waals surface area (Å²) in [5, 5.41) is 3.03. The molecule has 0 atom stereocenters. The second-order valence-corrected chi connectivity index (χ2v) is 6.98. The Bertz CT molecular complexity index is 762. The van der Waals surface area contributed by atoms with E-state index >= 15 is 0 Å². The quantitative estimate of drug-likeness (QED) is 0.794. The Hall–Kier alpha value is -1.85. The number of hydrogen-bond donors (Lipinski definition) is 1. The van der Waals surface area contributed by atoms with Crippen LogP contribution in [-0.2, 0) is 6.42 Å². The zero-order valence-corrected chi connectivity index (χ0v) is 13.3. The average molecular weight is 316 g/mol. The lowest BCUT2D eigenvalue weighted by molar-refractivity contribution is 0.0802. The molecule has 0 bridgehead atoms. The Morgan fingerprint density at radius 2 is 2.05 bits per heavy atom. The molecule has 21 heavy (non-hydrogen) atoms. The van der Waals surface area contributed by atoms with Crippen LogP contribution in [0.4, 0.5) is 5.69 Å². The summed E-state index contributed by atoms with van der Waals surface area (Å²) in [5.41, 5.74) is 6.73. The second kappa shape index (κ2) is 5.87. The normalized spacial score (nSPS) is 10.9. The largest absolute Gasteiger partial charge is 0.397 e. The first kappa shape index (κ1) is 14.1. The monoisotopic (exact) mass is 316 g/mol. The SMILES string of the molecule is CN(CCc1cccs1)C(=O)c1sc2ccccc2c1N. The van der Waals surface area contributed by atoms with Crippen LogP contribution in [0.1, 0.15) is 14.5 Å². The summed E-state index contributed by atoms with van der Waals surface area (Å²) < 4.78 is 1.06. The van der Waals surface area contributed by atoms with E-state index in [9.17, 15) is 4.79 Å². The molecule has 2 N–H and O–H groups in total. The van der Waals surface area contributed by atoms with E-state index in [-0.39, 0.29) is 5.91 Å². The van der Waals surface area contributed by atoms with Crippen molar-refractivity contribution in [3.8, 4) is 0 Å². The van der Waals surface area contributed by atoms with Gasteiger partial charge in [0.15, 0.2) is 0 Å². The molecule has 0 radical (unpaired) electrons. The minimum Gasteiger partial charge on any atom is -0.397 e. The number of likely N-dealkylation sites (N-methyl/N-ethyl adjacent to an activating group) is 1. The van der Waals surface area contributed by atoms with Crippen LogP contribution in [0, 0.1) is 0 Å². The predicted octanol–water partition coefficient (Wildman–Crippen LogP) is 3.86. The Labute approximate surface area is 131 Å². The van der Waals surface area contributed by atoms with Crippen LogP contribution in [-0.4, -0.2) is 24.4 Å². The maximum absolute atomic E-state index is 12.6. The Kier molecular flexibility index (Phi) is 3.94. The van der Waals surface area contributed by atoms with Gasteiger partial charge in [0.2, 0.25) is 0 Å². The number of nitrogen functional groups attached to an aromatic ring is 1. The van der Waals surface area contributed by atoms with Crippen LogP contribution < -0.4 is 5.73 Å². The molecule has 2 aromatic heterocycles. The smallest absolute Gasteiger partial charge is 0.265 e. The van der Waals surface area contributed by atoms with Crippen LogP contribution in [0.5, 0.6) is 0 Å². The topological polar surface area (TPSA) is 46.3 Å². The molecule has 0 aliphatic rings. The molecular formula is C16H16N2OS2. The van der Waals surface area contributed by atoms with Crippen LogP contribution in [0.3, 0.4) is 0 Å². The minimum atomic E-state index is 0.00487. The number of carbonyl (C=O) groups is 1. The lowest BCUT2D eigenvalue weighted by Gasteiger charge is -2.16. The number of anilines is 1. The van der Waals surface area contributed by atoms with Crippen LogP contribution >= 0.6 is 22.7 Å². The predicted molar refractivity (Wildman–Crippen MR) is 91.2 cm³/mol. The van der Waals surface area contributed by atoms with Gasteiger partial charge < -0.3 is 10.6 Å². The summed E-state index contributed by atoms with van der Waals surface area (Å²) in [6, 6.07) is 12.0. The Morgan fingerprint density at radius 3 is 2.76 bits per heavy atom. The van der Waals surface area contributed by atoms with Gasteiger partial charge in [0, 0.05) is 28.6 Å². The third kappa shape index (κ3) is 2.80. The maximum atomic E-state index is 12.6. The van der Waals surface area contributed by atoms with E-state index in [0.717, 1.165) is 16.5 Å². The van der Waals surface area contributed by atoms with Gasteiger partial charge in [-0.25, -0.2) is 0 Å². The fourth-order valence-corrected chi connectivity index (χ4v) is 4.05. The summed E-state index contributed by atoms with van der Waals surface area (Å²) in [6.07, 6.45) is 0.880. The lowest BCUT2D eigenvalue weighted by Crippen LogP contribution is -2.28. The maximum Gasteiger partial charge on any atom is 0.265 e. The molecule has 108 valence electrons. The van der Waals surface area contributed by atoms with Crippen LogP contribution in [0.25, 0.3) is 10.1 Å². The van der Waals surface area contributed by atoms with Gasteiger partial charge in [0.05, 0.1) is 5.69 Å². The third-order valence-electron chi connectivity index (χ3n) is 3.45. The van der Waals surface area contributed by atoms with E-state index in [1.165, 1.54) is 16.2 Å². The highest BCUT2D eigenvalue weighted by Crippen LogP contribution is 2.34. The van der Waals surface area contributed by atoms with Gasteiger partial charge in [-0.15, -0.1) is 22.7 Å². The molecule has 0 unspecified atom stereocenters. The number of fused-ring (bicyclic) bond motifs is 1. The summed E-state index contributed by atoms with van der Waals surface area (Å²) in [7, 11) is 1.83. The van der Waals surface area contributed by atoms with Gasteiger partial charge in [0.1, 0.15) is 4.88 Å². The van der Waals surface area contributed by atoms with Gasteiger partial charge >= 0.3 is 0 Å². The number of carbonyl (C=O) groups excluding carboxylic acids is 1. The first-order chi connectivity index (χ1) is 10.2. The van der Waals surface area contributed by atoms with Crippen LogP contribution in [0.2, 0.25) is 0 Å². The first-order valence-corrected chi connectivity index (χ1v) is 8.41. The summed E-state index contributed by atoms with van der Waals surface area (Å²) >= 11 is 3.19.